The number of aromatic nitrogens is 2. The number of ether oxygens (including phenoxy) is 1. The highest BCUT2D eigenvalue weighted by Gasteiger charge is 2.30. The quantitative estimate of drug-likeness (QED) is 0.900. The zero-order chi connectivity index (χ0) is 17.1. The maximum absolute atomic E-state index is 12.7. The number of nitrogens with one attached hydrogen (secondary N) is 1. The van der Waals surface area contributed by atoms with E-state index in [0.29, 0.717) is 41.7 Å². The summed E-state index contributed by atoms with van der Waals surface area (Å²) < 4.78 is 5.28. The molecule has 0 bridgehead atoms. The van der Waals surface area contributed by atoms with Crippen molar-refractivity contribution in [2.45, 2.75) is 19.9 Å². The van der Waals surface area contributed by atoms with Crippen LogP contribution in [0.15, 0.2) is 18.3 Å². The predicted molar refractivity (Wildman–Crippen MR) is 90.9 cm³/mol. The highest BCUT2D eigenvalue weighted by Crippen LogP contribution is 2.19. The number of thiazole rings is 1. The number of carbonyl (C=O) groups is 2. The van der Waals surface area contributed by atoms with Gasteiger partial charge in [0.1, 0.15) is 16.4 Å². The number of rotatable bonds is 4. The van der Waals surface area contributed by atoms with E-state index in [1.165, 1.54) is 11.3 Å². The molecule has 0 spiro atoms. The van der Waals surface area contributed by atoms with Gasteiger partial charge in [-0.3, -0.25) is 9.59 Å². The molecule has 0 radical (unpaired) electrons. The lowest BCUT2D eigenvalue weighted by Gasteiger charge is -2.32. The Morgan fingerprint density at radius 2 is 2.08 bits per heavy atom. The van der Waals surface area contributed by atoms with Crippen LogP contribution in [0.5, 0.6) is 0 Å². The number of morpholine rings is 1. The zero-order valence-electron chi connectivity index (χ0n) is 13.7. The molecule has 0 aliphatic carbocycles. The smallest absolute Gasteiger partial charge is 0.281 e. The molecule has 1 unspecified atom stereocenters. The standard InChI is InChI=1S/C16H20N4O3S/c1-10(2)12(16(22)20-6-8-23-9-7-20)19-13(21)15-18-11-4-3-5-17-14(11)24-15/h3-5,10,12H,6-9H2,1-2H3,(H,19,21). The molecular formula is C16H20N4O3S. The Hall–Kier alpha value is -2.06. The molecule has 7 nitrogen and oxygen atoms in total. The van der Waals surface area contributed by atoms with Crippen LogP contribution in [-0.2, 0) is 9.53 Å². The second-order valence-corrected chi connectivity index (χ2v) is 6.96. The summed E-state index contributed by atoms with van der Waals surface area (Å²) in [6.07, 6.45) is 1.67. The summed E-state index contributed by atoms with van der Waals surface area (Å²) in [5, 5.41) is 3.16. The normalized spacial score (nSPS) is 16.4. The average molecular weight is 348 g/mol. The lowest BCUT2D eigenvalue weighted by molar-refractivity contribution is -0.138. The summed E-state index contributed by atoms with van der Waals surface area (Å²) in [5.41, 5.74) is 0.688. The number of amides is 2. The first-order valence-electron chi connectivity index (χ1n) is 7.95. The van der Waals surface area contributed by atoms with Crippen LogP contribution in [0.25, 0.3) is 10.3 Å². The maximum Gasteiger partial charge on any atom is 0.281 e. The largest absolute Gasteiger partial charge is 0.378 e. The summed E-state index contributed by atoms with van der Waals surface area (Å²) >= 11 is 1.23. The minimum Gasteiger partial charge on any atom is -0.378 e. The molecule has 8 heteroatoms. The van der Waals surface area contributed by atoms with Crippen molar-refractivity contribution in [1.29, 1.82) is 0 Å². The van der Waals surface area contributed by atoms with E-state index in [-0.39, 0.29) is 17.7 Å². The van der Waals surface area contributed by atoms with Crippen molar-refractivity contribution in [2.75, 3.05) is 26.3 Å². The van der Waals surface area contributed by atoms with E-state index in [1.54, 1.807) is 17.2 Å². The minimum atomic E-state index is -0.574. The molecule has 3 heterocycles. The maximum atomic E-state index is 12.7. The third kappa shape index (κ3) is 3.54. The van der Waals surface area contributed by atoms with Crippen LogP contribution >= 0.6 is 11.3 Å². The summed E-state index contributed by atoms with van der Waals surface area (Å²) in [7, 11) is 0. The lowest BCUT2D eigenvalue weighted by atomic mass is 10.0. The van der Waals surface area contributed by atoms with Crippen molar-refractivity contribution in [3.8, 4) is 0 Å². The van der Waals surface area contributed by atoms with Crippen molar-refractivity contribution in [1.82, 2.24) is 20.2 Å². The fraction of sp³-hybridized carbons (Fsp3) is 0.500. The molecule has 0 saturated carbocycles. The predicted octanol–water partition coefficient (Wildman–Crippen LogP) is 1.30. The molecule has 2 aromatic heterocycles. The van der Waals surface area contributed by atoms with Crippen molar-refractivity contribution in [2.24, 2.45) is 5.92 Å². The molecule has 128 valence electrons. The summed E-state index contributed by atoms with van der Waals surface area (Å²) in [6, 6.07) is 3.02. The topological polar surface area (TPSA) is 84.4 Å². The third-order valence-corrected chi connectivity index (χ3v) is 4.88. The number of fused-ring (bicyclic) bond motifs is 1. The van der Waals surface area contributed by atoms with Crippen LogP contribution in [0.4, 0.5) is 0 Å². The Morgan fingerprint density at radius 1 is 1.33 bits per heavy atom. The van der Waals surface area contributed by atoms with Gasteiger partial charge in [0, 0.05) is 19.3 Å². The van der Waals surface area contributed by atoms with Gasteiger partial charge in [0.2, 0.25) is 5.91 Å². The SMILES string of the molecule is CC(C)C(NC(=O)c1nc2cccnc2s1)C(=O)N1CCOCC1. The first-order valence-corrected chi connectivity index (χ1v) is 8.77. The Morgan fingerprint density at radius 3 is 2.75 bits per heavy atom. The highest BCUT2D eigenvalue weighted by molar-refractivity contribution is 7.19. The molecule has 1 aliphatic rings. The van der Waals surface area contributed by atoms with Gasteiger partial charge in [0.05, 0.1) is 13.2 Å². The summed E-state index contributed by atoms with van der Waals surface area (Å²) in [5.74, 6) is -0.420. The van der Waals surface area contributed by atoms with Gasteiger partial charge < -0.3 is 15.0 Å². The zero-order valence-corrected chi connectivity index (χ0v) is 14.5. The Bertz CT molecular complexity index is 707. The Labute approximate surface area is 144 Å². The van der Waals surface area contributed by atoms with Crippen molar-refractivity contribution < 1.29 is 14.3 Å². The molecule has 24 heavy (non-hydrogen) atoms. The Kier molecular flexibility index (Phi) is 5.06. The molecule has 1 aliphatic heterocycles. The van der Waals surface area contributed by atoms with E-state index in [9.17, 15) is 9.59 Å². The van der Waals surface area contributed by atoms with E-state index in [1.807, 2.05) is 19.9 Å². The molecule has 2 aromatic rings. The van der Waals surface area contributed by atoms with Gasteiger partial charge in [-0.25, -0.2) is 9.97 Å². The monoisotopic (exact) mass is 348 g/mol. The second-order valence-electron chi connectivity index (χ2n) is 5.98. The van der Waals surface area contributed by atoms with Gasteiger partial charge in [0.15, 0.2) is 5.01 Å². The molecule has 2 amide bonds. The van der Waals surface area contributed by atoms with Gasteiger partial charge >= 0.3 is 0 Å². The van der Waals surface area contributed by atoms with Crippen LogP contribution in [0.3, 0.4) is 0 Å². The molecule has 1 fully saturated rings. The molecule has 1 atom stereocenters. The number of hydrogen-bond acceptors (Lipinski definition) is 6. The molecule has 1 saturated heterocycles. The third-order valence-electron chi connectivity index (χ3n) is 3.90. The molecule has 3 rings (SSSR count). The number of hydrogen-bond donors (Lipinski definition) is 1. The van der Waals surface area contributed by atoms with E-state index in [2.05, 4.69) is 15.3 Å². The summed E-state index contributed by atoms with van der Waals surface area (Å²) in [4.78, 5) is 36.2. The first-order chi connectivity index (χ1) is 11.6. The fourth-order valence-corrected chi connectivity index (χ4v) is 3.37. The van der Waals surface area contributed by atoms with E-state index in [0.717, 1.165) is 0 Å². The van der Waals surface area contributed by atoms with Crippen LogP contribution in [0.2, 0.25) is 0 Å². The van der Waals surface area contributed by atoms with Gasteiger partial charge in [-0.05, 0) is 18.1 Å². The molecule has 0 aromatic carbocycles. The van der Waals surface area contributed by atoms with E-state index >= 15 is 0 Å². The van der Waals surface area contributed by atoms with E-state index in [4.69, 9.17) is 4.74 Å². The molecule has 1 N–H and O–H groups in total. The fourth-order valence-electron chi connectivity index (χ4n) is 2.56. The van der Waals surface area contributed by atoms with Crippen LogP contribution < -0.4 is 5.32 Å². The first kappa shape index (κ1) is 16.8. The molecular weight excluding hydrogens is 328 g/mol. The Balaban J connectivity index is 1.74. The van der Waals surface area contributed by atoms with Gasteiger partial charge in [-0.2, -0.15) is 0 Å². The second kappa shape index (κ2) is 7.23. The van der Waals surface area contributed by atoms with Crippen LogP contribution in [-0.4, -0.2) is 59.0 Å². The van der Waals surface area contributed by atoms with Crippen molar-refractivity contribution >= 4 is 33.5 Å². The highest BCUT2D eigenvalue weighted by atomic mass is 32.1. The number of nitrogens with zero attached hydrogens (tertiary/aromatic N) is 3. The number of pyridine rings is 1. The van der Waals surface area contributed by atoms with Gasteiger partial charge in [0.25, 0.3) is 5.91 Å². The van der Waals surface area contributed by atoms with Crippen molar-refractivity contribution in [3.05, 3.63) is 23.3 Å². The van der Waals surface area contributed by atoms with Crippen LogP contribution in [0.1, 0.15) is 23.6 Å². The van der Waals surface area contributed by atoms with E-state index < -0.39 is 6.04 Å². The summed E-state index contributed by atoms with van der Waals surface area (Å²) in [6.45, 7) is 6.03. The lowest BCUT2D eigenvalue weighted by Crippen LogP contribution is -2.53. The average Bonchev–Trinajstić information content (AvgIpc) is 3.03. The van der Waals surface area contributed by atoms with Gasteiger partial charge in [-0.1, -0.05) is 25.2 Å². The van der Waals surface area contributed by atoms with Crippen LogP contribution in [0, 0.1) is 5.92 Å². The number of carbonyl (C=O) groups excluding carboxylic acids is 2. The van der Waals surface area contributed by atoms with Crippen molar-refractivity contribution in [3.63, 3.8) is 0 Å². The minimum absolute atomic E-state index is 0.0169. The van der Waals surface area contributed by atoms with Gasteiger partial charge in [-0.15, -0.1) is 0 Å².